The fourth-order valence-corrected chi connectivity index (χ4v) is 5.80. The highest BCUT2D eigenvalue weighted by Gasteiger charge is 2.21. The van der Waals surface area contributed by atoms with Crippen LogP contribution in [0.2, 0.25) is 0 Å². The van der Waals surface area contributed by atoms with Crippen molar-refractivity contribution in [1.82, 2.24) is 10.2 Å². The lowest BCUT2D eigenvalue weighted by Gasteiger charge is -2.16. The molecule has 0 radical (unpaired) electrons. The zero-order chi connectivity index (χ0) is 20.8. The zero-order valence-corrected chi connectivity index (χ0v) is 18.8. The first-order chi connectivity index (χ1) is 14.5. The molecule has 0 amide bonds. The summed E-state index contributed by atoms with van der Waals surface area (Å²) in [6.45, 7) is 6.38. The summed E-state index contributed by atoms with van der Waals surface area (Å²) in [6, 6.07) is 7.75. The molecule has 1 unspecified atom stereocenters. The highest BCUT2D eigenvalue weighted by molar-refractivity contribution is 7.98. The number of hydrogen-bond acceptors (Lipinski definition) is 7. The summed E-state index contributed by atoms with van der Waals surface area (Å²) in [5.74, 6) is 1.87. The van der Waals surface area contributed by atoms with E-state index in [-0.39, 0.29) is 5.63 Å². The predicted molar refractivity (Wildman–Crippen MR) is 120 cm³/mol. The van der Waals surface area contributed by atoms with Gasteiger partial charge in [-0.2, -0.15) is 0 Å². The van der Waals surface area contributed by atoms with E-state index in [1.54, 1.807) is 17.4 Å². The number of aryl methyl sites for hydroxylation is 3. The van der Waals surface area contributed by atoms with Crippen molar-refractivity contribution in [3.63, 3.8) is 0 Å². The minimum absolute atomic E-state index is 0.342. The molecule has 0 fully saturated rings. The first kappa shape index (κ1) is 19.6. The highest BCUT2D eigenvalue weighted by Crippen LogP contribution is 2.37. The third-order valence-corrected chi connectivity index (χ3v) is 7.83. The Balaban J connectivity index is 1.38. The monoisotopic (exact) mass is 438 g/mol. The van der Waals surface area contributed by atoms with Crippen LogP contribution in [0.5, 0.6) is 0 Å². The molecule has 0 aliphatic heterocycles. The molecule has 0 bridgehead atoms. The van der Waals surface area contributed by atoms with Gasteiger partial charge in [0.05, 0.1) is 4.88 Å². The summed E-state index contributed by atoms with van der Waals surface area (Å²) in [7, 11) is 0. The normalized spacial score (nSPS) is 16.2. The van der Waals surface area contributed by atoms with Gasteiger partial charge in [0.25, 0.3) is 11.1 Å². The predicted octanol–water partition coefficient (Wildman–Crippen LogP) is 5.94. The average molecular weight is 439 g/mol. The molecule has 1 atom stereocenters. The van der Waals surface area contributed by atoms with Crippen molar-refractivity contribution in [3.8, 4) is 10.8 Å². The molecule has 0 saturated carbocycles. The van der Waals surface area contributed by atoms with Gasteiger partial charge < -0.3 is 8.83 Å². The van der Waals surface area contributed by atoms with E-state index in [9.17, 15) is 4.79 Å². The summed E-state index contributed by atoms with van der Waals surface area (Å²) in [4.78, 5) is 14.5. The van der Waals surface area contributed by atoms with Gasteiger partial charge in [0.2, 0.25) is 0 Å². The molecule has 5 rings (SSSR count). The molecule has 3 aromatic heterocycles. The van der Waals surface area contributed by atoms with Crippen LogP contribution >= 0.6 is 23.1 Å². The maximum Gasteiger partial charge on any atom is 0.336 e. The molecule has 1 aromatic carbocycles. The minimum Gasteiger partial charge on any atom is -0.423 e. The fraction of sp³-hybridized carbons (Fsp3) is 0.348. The minimum atomic E-state index is -0.342. The Labute approximate surface area is 182 Å². The molecule has 30 heavy (non-hydrogen) atoms. The van der Waals surface area contributed by atoms with E-state index in [2.05, 4.69) is 36.2 Å². The van der Waals surface area contributed by atoms with Gasteiger partial charge in [-0.1, -0.05) is 18.7 Å². The SMILES string of the molecule is Cc1cc2oc(=O)cc(CSc3nnc(-c4cc5c(s4)CCC(C)C5)o3)c2cc1C. The Hall–Kier alpha value is -2.38. The fourth-order valence-electron chi connectivity index (χ4n) is 3.92. The average Bonchev–Trinajstić information content (AvgIpc) is 3.33. The second-order valence-electron chi connectivity index (χ2n) is 8.09. The summed E-state index contributed by atoms with van der Waals surface area (Å²) in [5, 5.41) is 9.93. The molecule has 5 nitrogen and oxygen atoms in total. The Morgan fingerprint density at radius 1 is 1.13 bits per heavy atom. The summed E-state index contributed by atoms with van der Waals surface area (Å²) in [5.41, 5.74) is 4.88. The van der Waals surface area contributed by atoms with Gasteiger partial charge >= 0.3 is 5.63 Å². The van der Waals surface area contributed by atoms with Crippen LogP contribution in [0.4, 0.5) is 0 Å². The van der Waals surface area contributed by atoms with Crippen molar-refractivity contribution >= 4 is 34.1 Å². The van der Waals surface area contributed by atoms with Crippen LogP contribution in [0.25, 0.3) is 21.7 Å². The van der Waals surface area contributed by atoms with Crippen LogP contribution in [0.3, 0.4) is 0 Å². The van der Waals surface area contributed by atoms with Crippen molar-refractivity contribution in [1.29, 1.82) is 0 Å². The van der Waals surface area contributed by atoms with Gasteiger partial charge in [-0.15, -0.1) is 21.5 Å². The lowest BCUT2D eigenvalue weighted by atomic mass is 9.90. The maximum atomic E-state index is 12.0. The Morgan fingerprint density at radius 3 is 2.83 bits per heavy atom. The smallest absolute Gasteiger partial charge is 0.336 e. The summed E-state index contributed by atoms with van der Waals surface area (Å²) in [6.07, 6.45) is 3.51. The van der Waals surface area contributed by atoms with Crippen LogP contribution in [-0.2, 0) is 18.6 Å². The van der Waals surface area contributed by atoms with E-state index in [0.717, 1.165) is 40.1 Å². The van der Waals surface area contributed by atoms with Gasteiger partial charge in [-0.25, -0.2) is 4.79 Å². The standard InChI is InChI=1S/C23H22N2O3S2/c1-12-4-5-19-15(6-12)9-20(30-19)22-24-25-23(28-22)29-11-16-10-21(26)27-18-8-14(3)13(2)7-17(16)18/h7-10,12H,4-6,11H2,1-3H3. The molecule has 1 aliphatic rings. The quantitative estimate of drug-likeness (QED) is 0.290. The van der Waals surface area contributed by atoms with Crippen LogP contribution < -0.4 is 5.63 Å². The Morgan fingerprint density at radius 2 is 1.97 bits per heavy atom. The van der Waals surface area contributed by atoms with E-state index in [1.807, 2.05) is 13.0 Å². The van der Waals surface area contributed by atoms with Crippen molar-refractivity contribution < 1.29 is 8.83 Å². The lowest BCUT2D eigenvalue weighted by Crippen LogP contribution is -2.07. The molecule has 0 N–H and O–H groups in total. The van der Waals surface area contributed by atoms with Gasteiger partial charge in [-0.05, 0) is 79.5 Å². The third-order valence-electron chi connectivity index (χ3n) is 5.74. The van der Waals surface area contributed by atoms with Crippen molar-refractivity contribution in [2.24, 2.45) is 5.92 Å². The van der Waals surface area contributed by atoms with Crippen molar-refractivity contribution in [2.75, 3.05) is 0 Å². The van der Waals surface area contributed by atoms with Gasteiger partial charge in [0, 0.05) is 22.1 Å². The molecule has 1 aliphatic carbocycles. The molecule has 0 spiro atoms. The molecule has 3 heterocycles. The number of fused-ring (bicyclic) bond motifs is 2. The number of thioether (sulfide) groups is 1. The largest absolute Gasteiger partial charge is 0.423 e. The molecule has 7 heteroatoms. The van der Waals surface area contributed by atoms with Crippen molar-refractivity contribution in [3.05, 3.63) is 61.8 Å². The number of aromatic nitrogens is 2. The van der Waals surface area contributed by atoms with Gasteiger partial charge in [0.15, 0.2) is 0 Å². The number of rotatable bonds is 4. The Kier molecular flexibility index (Phi) is 5.03. The van der Waals surface area contributed by atoms with E-state index < -0.39 is 0 Å². The molecular formula is C23H22N2O3S2. The molecule has 154 valence electrons. The van der Waals surface area contributed by atoms with Crippen LogP contribution in [0, 0.1) is 19.8 Å². The number of nitrogens with zero attached hydrogens (tertiary/aromatic N) is 2. The topological polar surface area (TPSA) is 69.1 Å². The van der Waals surface area contributed by atoms with Gasteiger partial charge in [0.1, 0.15) is 5.58 Å². The highest BCUT2D eigenvalue weighted by atomic mass is 32.2. The second kappa shape index (κ2) is 7.71. The third kappa shape index (κ3) is 3.72. The van der Waals surface area contributed by atoms with E-state index in [0.29, 0.717) is 22.4 Å². The van der Waals surface area contributed by atoms with E-state index in [4.69, 9.17) is 8.83 Å². The molecule has 4 aromatic rings. The molecular weight excluding hydrogens is 416 g/mol. The van der Waals surface area contributed by atoms with Crippen LogP contribution in [0.15, 0.2) is 43.1 Å². The number of benzene rings is 1. The molecule has 0 saturated heterocycles. The zero-order valence-electron chi connectivity index (χ0n) is 17.2. The van der Waals surface area contributed by atoms with Crippen LogP contribution in [-0.4, -0.2) is 10.2 Å². The lowest BCUT2D eigenvalue weighted by molar-refractivity contribution is 0.466. The second-order valence-corrected chi connectivity index (χ2v) is 10.2. The van der Waals surface area contributed by atoms with Crippen molar-refractivity contribution in [2.45, 2.75) is 51.0 Å². The number of hydrogen-bond donors (Lipinski definition) is 0. The van der Waals surface area contributed by atoms with E-state index in [1.165, 1.54) is 34.2 Å². The first-order valence-electron chi connectivity index (χ1n) is 10.1. The maximum absolute atomic E-state index is 12.0. The van der Waals surface area contributed by atoms with Gasteiger partial charge in [-0.3, -0.25) is 0 Å². The van der Waals surface area contributed by atoms with Crippen LogP contribution in [0.1, 0.15) is 40.5 Å². The first-order valence-corrected chi connectivity index (χ1v) is 11.9. The summed E-state index contributed by atoms with van der Waals surface area (Å²) < 4.78 is 11.3. The Bertz CT molecular complexity index is 1300. The van der Waals surface area contributed by atoms with E-state index >= 15 is 0 Å². The number of thiophene rings is 1. The summed E-state index contributed by atoms with van der Waals surface area (Å²) >= 11 is 3.21.